The van der Waals surface area contributed by atoms with Crippen molar-refractivity contribution < 1.29 is 19.1 Å². The van der Waals surface area contributed by atoms with Gasteiger partial charge in [-0.1, -0.05) is 42.5 Å². The molecule has 2 aliphatic rings. The molecule has 2 heterocycles. The van der Waals surface area contributed by atoms with E-state index in [1.807, 2.05) is 49.4 Å². The van der Waals surface area contributed by atoms with E-state index in [1.54, 1.807) is 12.1 Å². The fraction of sp³-hybridized carbons (Fsp3) is 0.269. The van der Waals surface area contributed by atoms with Gasteiger partial charge in [0, 0.05) is 12.2 Å². The number of hydrogen-bond donors (Lipinski definition) is 1. The zero-order valence-electron chi connectivity index (χ0n) is 17.8. The number of nitrogens with zero attached hydrogens (tertiary/aromatic N) is 1. The average Bonchev–Trinajstić information content (AvgIpc) is 3.41. The highest BCUT2D eigenvalue weighted by Gasteiger charge is 2.38. The summed E-state index contributed by atoms with van der Waals surface area (Å²) in [5, 5.41) is 5.22. The Bertz CT molecular complexity index is 1220. The van der Waals surface area contributed by atoms with Crippen LogP contribution < -0.4 is 5.32 Å². The number of hydrogen-bond acceptors (Lipinski definition) is 4. The summed E-state index contributed by atoms with van der Waals surface area (Å²) < 4.78 is 5.58. The maximum Gasteiger partial charge on any atom is 0.261 e. The minimum absolute atomic E-state index is 0.110. The van der Waals surface area contributed by atoms with Gasteiger partial charge >= 0.3 is 0 Å². The first-order chi connectivity index (χ1) is 15.5. The molecule has 1 N–H and O–H groups in total. The van der Waals surface area contributed by atoms with Crippen molar-refractivity contribution in [2.75, 3.05) is 13.2 Å². The largest absolute Gasteiger partial charge is 0.376 e. The van der Waals surface area contributed by atoms with Crippen LogP contribution >= 0.6 is 0 Å². The fourth-order valence-corrected chi connectivity index (χ4v) is 4.58. The van der Waals surface area contributed by atoms with Crippen molar-refractivity contribution >= 4 is 28.5 Å². The van der Waals surface area contributed by atoms with Crippen LogP contribution in [0.4, 0.5) is 0 Å². The summed E-state index contributed by atoms with van der Waals surface area (Å²) in [4.78, 5) is 39.8. The van der Waals surface area contributed by atoms with Crippen LogP contribution in [0.25, 0.3) is 10.8 Å². The van der Waals surface area contributed by atoms with Gasteiger partial charge in [0.1, 0.15) is 0 Å². The lowest BCUT2D eigenvalue weighted by Crippen LogP contribution is -2.36. The molecule has 2 unspecified atom stereocenters. The first-order valence-corrected chi connectivity index (χ1v) is 10.9. The molecule has 162 valence electrons. The minimum atomic E-state index is -0.364. The number of amides is 3. The molecule has 6 heteroatoms. The zero-order chi connectivity index (χ0) is 22.2. The predicted octanol–water partition coefficient (Wildman–Crippen LogP) is 4.11. The number of rotatable bonds is 5. The van der Waals surface area contributed by atoms with E-state index in [0.717, 1.165) is 29.2 Å². The molecule has 0 radical (unpaired) electrons. The molecule has 6 nitrogen and oxygen atoms in total. The van der Waals surface area contributed by atoms with Crippen LogP contribution in [0.1, 0.15) is 62.4 Å². The highest BCUT2D eigenvalue weighted by Crippen LogP contribution is 2.27. The lowest BCUT2D eigenvalue weighted by molar-refractivity contribution is 0.0475. The van der Waals surface area contributed by atoms with Crippen molar-refractivity contribution in [3.05, 3.63) is 82.9 Å². The van der Waals surface area contributed by atoms with Crippen LogP contribution in [0, 0.1) is 0 Å². The number of benzene rings is 3. The van der Waals surface area contributed by atoms with Crippen LogP contribution in [-0.4, -0.2) is 41.9 Å². The highest BCUT2D eigenvalue weighted by molar-refractivity contribution is 6.22. The molecule has 3 aromatic carbocycles. The van der Waals surface area contributed by atoms with Gasteiger partial charge in [-0.3, -0.25) is 19.3 Å². The third kappa shape index (κ3) is 3.56. The van der Waals surface area contributed by atoms with E-state index >= 15 is 0 Å². The second-order valence-corrected chi connectivity index (χ2v) is 8.38. The van der Waals surface area contributed by atoms with Crippen LogP contribution in [0.2, 0.25) is 0 Å². The van der Waals surface area contributed by atoms with Crippen molar-refractivity contribution in [1.29, 1.82) is 0 Å². The second kappa shape index (κ2) is 8.20. The van der Waals surface area contributed by atoms with Crippen molar-refractivity contribution in [3.8, 4) is 0 Å². The van der Waals surface area contributed by atoms with Gasteiger partial charge in [0.05, 0.1) is 29.8 Å². The Balaban J connectivity index is 1.35. The predicted molar refractivity (Wildman–Crippen MR) is 121 cm³/mol. The summed E-state index contributed by atoms with van der Waals surface area (Å²) >= 11 is 0. The van der Waals surface area contributed by atoms with Crippen LogP contribution in [0.5, 0.6) is 0 Å². The van der Waals surface area contributed by atoms with Crippen molar-refractivity contribution in [2.24, 2.45) is 0 Å². The minimum Gasteiger partial charge on any atom is -0.376 e. The van der Waals surface area contributed by atoms with E-state index in [-0.39, 0.29) is 42.0 Å². The van der Waals surface area contributed by atoms with E-state index in [9.17, 15) is 14.4 Å². The Hall–Kier alpha value is -3.51. The molecule has 3 amide bonds. The Labute approximate surface area is 186 Å². The number of nitrogens with one attached hydrogen (secondary N) is 1. The lowest BCUT2D eigenvalue weighted by atomic mass is 9.99. The third-order valence-electron chi connectivity index (χ3n) is 6.28. The van der Waals surface area contributed by atoms with Gasteiger partial charge < -0.3 is 10.1 Å². The summed E-state index contributed by atoms with van der Waals surface area (Å²) in [7, 11) is 0. The van der Waals surface area contributed by atoms with Crippen LogP contribution in [-0.2, 0) is 4.74 Å². The van der Waals surface area contributed by atoms with E-state index in [1.165, 1.54) is 11.0 Å². The molecular weight excluding hydrogens is 404 g/mol. The Morgan fingerprint density at radius 2 is 1.84 bits per heavy atom. The van der Waals surface area contributed by atoms with Crippen molar-refractivity contribution in [1.82, 2.24) is 10.2 Å². The zero-order valence-corrected chi connectivity index (χ0v) is 17.8. The molecule has 5 rings (SSSR count). The van der Waals surface area contributed by atoms with Gasteiger partial charge in [0.15, 0.2) is 0 Å². The maximum absolute atomic E-state index is 13.0. The molecule has 1 saturated heterocycles. The first-order valence-electron chi connectivity index (χ1n) is 10.9. The number of carbonyl (C=O) groups excluding carboxylic acids is 3. The Morgan fingerprint density at radius 3 is 2.66 bits per heavy atom. The first kappa shape index (κ1) is 20.4. The maximum atomic E-state index is 13.0. The van der Waals surface area contributed by atoms with Gasteiger partial charge in [0.25, 0.3) is 17.7 Å². The Kier molecular flexibility index (Phi) is 5.23. The molecule has 0 aromatic heterocycles. The summed E-state index contributed by atoms with van der Waals surface area (Å²) in [6, 6.07) is 18.5. The molecule has 1 fully saturated rings. The molecule has 0 bridgehead atoms. The van der Waals surface area contributed by atoms with E-state index in [4.69, 9.17) is 4.74 Å². The van der Waals surface area contributed by atoms with Gasteiger partial charge in [-0.15, -0.1) is 0 Å². The molecule has 2 atom stereocenters. The monoisotopic (exact) mass is 428 g/mol. The lowest BCUT2D eigenvalue weighted by Gasteiger charge is -2.18. The summed E-state index contributed by atoms with van der Waals surface area (Å²) in [6.07, 6.45) is 1.67. The summed E-state index contributed by atoms with van der Waals surface area (Å²) in [5.41, 5.74) is 1.99. The fourth-order valence-electron chi connectivity index (χ4n) is 4.58. The Morgan fingerprint density at radius 1 is 1.06 bits per heavy atom. The second-order valence-electron chi connectivity index (χ2n) is 8.38. The smallest absolute Gasteiger partial charge is 0.261 e. The standard InChI is InChI=1S/C26H24N2O4/c1-16(20-10-4-7-17-6-2-3-9-21(17)20)27-24(29)18-11-12-22-23(14-18)26(31)28(25(22)30)15-19-8-5-13-32-19/h2-4,6-7,9-12,14,16,19H,5,8,13,15H2,1H3,(H,27,29). The quantitative estimate of drug-likeness (QED) is 0.621. The highest BCUT2D eigenvalue weighted by atomic mass is 16.5. The summed E-state index contributed by atoms with van der Waals surface area (Å²) in [5.74, 6) is -0.972. The van der Waals surface area contributed by atoms with Gasteiger partial charge in [-0.25, -0.2) is 0 Å². The topological polar surface area (TPSA) is 75.7 Å². The summed E-state index contributed by atoms with van der Waals surface area (Å²) in [6.45, 7) is 2.85. The molecule has 3 aromatic rings. The normalized spacial score (nSPS) is 18.8. The number of imide groups is 1. The average molecular weight is 428 g/mol. The molecule has 32 heavy (non-hydrogen) atoms. The van der Waals surface area contributed by atoms with E-state index < -0.39 is 0 Å². The molecule has 0 spiro atoms. The van der Waals surface area contributed by atoms with Crippen LogP contribution in [0.15, 0.2) is 60.7 Å². The van der Waals surface area contributed by atoms with Gasteiger partial charge in [0.2, 0.25) is 0 Å². The van der Waals surface area contributed by atoms with Crippen molar-refractivity contribution in [3.63, 3.8) is 0 Å². The molecule has 0 aliphatic carbocycles. The number of fused-ring (bicyclic) bond motifs is 2. The SMILES string of the molecule is CC(NC(=O)c1ccc2c(c1)C(=O)N(CC1CCCO1)C2=O)c1cccc2ccccc12. The van der Waals surface area contributed by atoms with Gasteiger partial charge in [-0.05, 0) is 54.3 Å². The molecule has 0 saturated carbocycles. The third-order valence-corrected chi connectivity index (χ3v) is 6.28. The van der Waals surface area contributed by atoms with E-state index in [2.05, 4.69) is 5.32 Å². The van der Waals surface area contributed by atoms with Crippen LogP contribution in [0.3, 0.4) is 0 Å². The van der Waals surface area contributed by atoms with Gasteiger partial charge in [-0.2, -0.15) is 0 Å². The number of carbonyl (C=O) groups is 3. The van der Waals surface area contributed by atoms with E-state index in [0.29, 0.717) is 17.7 Å². The molecule has 2 aliphatic heterocycles. The van der Waals surface area contributed by atoms with Crippen molar-refractivity contribution in [2.45, 2.75) is 31.9 Å². The molecular formula is C26H24N2O4. The number of ether oxygens (including phenoxy) is 1.